The van der Waals surface area contributed by atoms with Gasteiger partial charge in [0.05, 0.1) is 18.4 Å². The third kappa shape index (κ3) is 3.05. The number of nitrogen functional groups attached to an aromatic ring is 1. The third-order valence-electron chi connectivity index (χ3n) is 3.51. The number of hydrogen-bond acceptors (Lipinski definition) is 5. The van der Waals surface area contributed by atoms with Crippen LogP contribution < -0.4 is 15.4 Å². The molecule has 0 spiro atoms. The van der Waals surface area contributed by atoms with E-state index in [4.69, 9.17) is 10.5 Å². The summed E-state index contributed by atoms with van der Waals surface area (Å²) in [7, 11) is -2.14. The lowest BCUT2D eigenvalue weighted by molar-refractivity contribution is 0.0384. The highest BCUT2D eigenvalue weighted by Crippen LogP contribution is 2.26. The zero-order chi connectivity index (χ0) is 14.8. The van der Waals surface area contributed by atoms with Crippen LogP contribution in [-0.2, 0) is 14.8 Å². The van der Waals surface area contributed by atoms with E-state index in [0.29, 0.717) is 6.61 Å². The smallest absolute Gasteiger partial charge is 0.242 e. The Kier molecular flexibility index (Phi) is 4.52. The van der Waals surface area contributed by atoms with E-state index in [1.165, 1.54) is 7.05 Å². The van der Waals surface area contributed by atoms with Crippen molar-refractivity contribution >= 4 is 21.4 Å². The van der Waals surface area contributed by atoms with Crippen LogP contribution in [0, 0.1) is 0 Å². The van der Waals surface area contributed by atoms with Gasteiger partial charge in [-0.05, 0) is 31.7 Å². The molecular formula is C13H21N3O3S. The summed E-state index contributed by atoms with van der Waals surface area (Å²) >= 11 is 0. The first-order chi connectivity index (χ1) is 9.47. The minimum Gasteiger partial charge on any atom is -0.398 e. The van der Waals surface area contributed by atoms with Gasteiger partial charge in [0.1, 0.15) is 4.90 Å². The summed E-state index contributed by atoms with van der Waals surface area (Å²) in [6.45, 7) is 4.35. The molecule has 0 bridgehead atoms. The van der Waals surface area contributed by atoms with Crippen molar-refractivity contribution < 1.29 is 13.2 Å². The van der Waals surface area contributed by atoms with E-state index < -0.39 is 10.0 Å². The quantitative estimate of drug-likeness (QED) is 0.803. The number of nitrogens with zero attached hydrogens (tertiary/aromatic N) is 1. The Labute approximate surface area is 120 Å². The number of morpholine rings is 1. The SMILES string of the molecule is CCC1CN(c2ccc(S(=O)(=O)NC)c(N)c2)CCO1. The highest BCUT2D eigenvalue weighted by Gasteiger charge is 2.21. The van der Waals surface area contributed by atoms with Crippen LogP contribution in [0.5, 0.6) is 0 Å². The Balaban J connectivity index is 2.25. The first-order valence-electron chi connectivity index (χ1n) is 6.67. The molecule has 1 aromatic rings. The van der Waals surface area contributed by atoms with Crippen LogP contribution >= 0.6 is 0 Å². The molecule has 0 amide bonds. The summed E-state index contributed by atoms with van der Waals surface area (Å²) < 4.78 is 31.5. The molecule has 20 heavy (non-hydrogen) atoms. The third-order valence-corrected chi connectivity index (χ3v) is 5.00. The Hall–Kier alpha value is -1.31. The molecule has 2 rings (SSSR count). The highest BCUT2D eigenvalue weighted by atomic mass is 32.2. The minimum absolute atomic E-state index is 0.115. The summed E-state index contributed by atoms with van der Waals surface area (Å²) in [4.78, 5) is 2.29. The molecule has 1 fully saturated rings. The van der Waals surface area contributed by atoms with Gasteiger partial charge in [0.2, 0.25) is 10.0 Å². The second-order valence-corrected chi connectivity index (χ2v) is 6.63. The molecular weight excluding hydrogens is 278 g/mol. The summed E-state index contributed by atoms with van der Waals surface area (Å²) in [6.07, 6.45) is 1.17. The van der Waals surface area contributed by atoms with Crippen molar-refractivity contribution in [1.82, 2.24) is 4.72 Å². The average molecular weight is 299 g/mol. The predicted molar refractivity (Wildman–Crippen MR) is 79.3 cm³/mol. The molecule has 6 nitrogen and oxygen atoms in total. The second kappa shape index (κ2) is 5.99. The van der Waals surface area contributed by atoms with Crippen molar-refractivity contribution in [3.63, 3.8) is 0 Å². The van der Waals surface area contributed by atoms with E-state index in [-0.39, 0.29) is 16.7 Å². The normalized spacial score (nSPS) is 20.1. The maximum Gasteiger partial charge on any atom is 0.242 e. The first kappa shape index (κ1) is 15.1. The van der Waals surface area contributed by atoms with Gasteiger partial charge in [-0.3, -0.25) is 0 Å². The van der Waals surface area contributed by atoms with Crippen molar-refractivity contribution in [3.8, 4) is 0 Å². The lowest BCUT2D eigenvalue weighted by atomic mass is 10.2. The molecule has 3 N–H and O–H groups in total. The lowest BCUT2D eigenvalue weighted by Crippen LogP contribution is -2.42. The van der Waals surface area contributed by atoms with Gasteiger partial charge in [0.15, 0.2) is 0 Å². The molecule has 0 radical (unpaired) electrons. The fourth-order valence-electron chi connectivity index (χ4n) is 2.29. The number of hydrogen-bond donors (Lipinski definition) is 2. The molecule has 0 aromatic heterocycles. The van der Waals surface area contributed by atoms with Crippen LogP contribution in [0.1, 0.15) is 13.3 Å². The molecule has 1 heterocycles. The highest BCUT2D eigenvalue weighted by molar-refractivity contribution is 7.89. The van der Waals surface area contributed by atoms with Crippen molar-refractivity contribution in [1.29, 1.82) is 0 Å². The number of nitrogens with one attached hydrogen (secondary N) is 1. The Morgan fingerprint density at radius 3 is 2.85 bits per heavy atom. The largest absolute Gasteiger partial charge is 0.398 e. The topological polar surface area (TPSA) is 84.7 Å². The molecule has 0 saturated carbocycles. The van der Waals surface area contributed by atoms with E-state index in [1.54, 1.807) is 18.2 Å². The Morgan fingerprint density at radius 2 is 2.25 bits per heavy atom. The molecule has 1 aliphatic heterocycles. The average Bonchev–Trinajstić information content (AvgIpc) is 2.47. The van der Waals surface area contributed by atoms with Gasteiger partial charge in [-0.1, -0.05) is 6.92 Å². The summed E-state index contributed by atoms with van der Waals surface area (Å²) in [6, 6.07) is 5.05. The van der Waals surface area contributed by atoms with Crippen LogP contribution in [0.2, 0.25) is 0 Å². The number of sulfonamides is 1. The van der Waals surface area contributed by atoms with E-state index in [1.807, 2.05) is 0 Å². The molecule has 1 aromatic carbocycles. The molecule has 1 atom stereocenters. The number of rotatable bonds is 4. The molecule has 0 aliphatic carbocycles. The number of nitrogens with two attached hydrogens (primary N) is 1. The molecule has 112 valence electrons. The van der Waals surface area contributed by atoms with Gasteiger partial charge in [0, 0.05) is 18.8 Å². The Morgan fingerprint density at radius 1 is 1.50 bits per heavy atom. The van der Waals surface area contributed by atoms with Crippen molar-refractivity contribution in [3.05, 3.63) is 18.2 Å². The number of benzene rings is 1. The van der Waals surface area contributed by atoms with Crippen LogP contribution in [0.3, 0.4) is 0 Å². The maximum absolute atomic E-state index is 11.8. The van der Waals surface area contributed by atoms with Gasteiger partial charge in [0.25, 0.3) is 0 Å². The monoisotopic (exact) mass is 299 g/mol. The molecule has 1 saturated heterocycles. The zero-order valence-electron chi connectivity index (χ0n) is 11.8. The predicted octanol–water partition coefficient (Wildman–Crippen LogP) is 0.792. The van der Waals surface area contributed by atoms with Crippen LogP contribution in [0.15, 0.2) is 23.1 Å². The van der Waals surface area contributed by atoms with Crippen molar-refractivity contribution in [2.24, 2.45) is 0 Å². The zero-order valence-corrected chi connectivity index (χ0v) is 12.6. The minimum atomic E-state index is -3.51. The molecule has 1 unspecified atom stereocenters. The van der Waals surface area contributed by atoms with Gasteiger partial charge in [-0.25, -0.2) is 13.1 Å². The Bertz CT molecular complexity index is 574. The maximum atomic E-state index is 11.8. The fourth-order valence-corrected chi connectivity index (χ4v) is 3.12. The fraction of sp³-hybridized carbons (Fsp3) is 0.538. The van der Waals surface area contributed by atoms with Gasteiger partial charge in [-0.2, -0.15) is 0 Å². The van der Waals surface area contributed by atoms with Crippen LogP contribution in [0.4, 0.5) is 11.4 Å². The van der Waals surface area contributed by atoms with Crippen LogP contribution in [-0.4, -0.2) is 41.3 Å². The van der Waals surface area contributed by atoms with Crippen molar-refractivity contribution in [2.45, 2.75) is 24.3 Å². The second-order valence-electron chi connectivity index (χ2n) is 4.78. The van der Waals surface area contributed by atoms with Gasteiger partial charge >= 0.3 is 0 Å². The number of ether oxygens (including phenoxy) is 1. The lowest BCUT2D eigenvalue weighted by Gasteiger charge is -2.34. The van der Waals surface area contributed by atoms with E-state index in [9.17, 15) is 8.42 Å². The summed E-state index contributed by atoms with van der Waals surface area (Å²) in [5, 5.41) is 0. The van der Waals surface area contributed by atoms with E-state index in [2.05, 4.69) is 16.5 Å². The standard InChI is InChI=1S/C13H21N3O3S/c1-3-11-9-16(6-7-19-11)10-4-5-13(12(14)8-10)20(17,18)15-2/h4-5,8,11,15H,3,6-7,9,14H2,1-2H3. The van der Waals surface area contributed by atoms with E-state index in [0.717, 1.165) is 25.2 Å². The molecule has 7 heteroatoms. The molecule has 1 aliphatic rings. The summed E-state index contributed by atoms with van der Waals surface area (Å²) in [5.74, 6) is 0. The van der Waals surface area contributed by atoms with Crippen molar-refractivity contribution in [2.75, 3.05) is 37.4 Å². The van der Waals surface area contributed by atoms with Gasteiger partial charge < -0.3 is 15.4 Å². The van der Waals surface area contributed by atoms with Gasteiger partial charge in [-0.15, -0.1) is 0 Å². The first-order valence-corrected chi connectivity index (χ1v) is 8.16. The van der Waals surface area contributed by atoms with Crippen LogP contribution in [0.25, 0.3) is 0 Å². The summed E-state index contributed by atoms with van der Waals surface area (Å²) in [5.41, 5.74) is 7.07. The van der Waals surface area contributed by atoms with E-state index >= 15 is 0 Å². The number of anilines is 2.